The van der Waals surface area contributed by atoms with Gasteiger partial charge < -0.3 is 34.0 Å². The zero-order valence-electron chi connectivity index (χ0n) is 28.0. The molecule has 0 aromatic heterocycles. The Hall–Kier alpha value is -3.51. The number of hydrogen-bond donors (Lipinski definition) is 2. The molecule has 13 heteroatoms. The first-order valence-electron chi connectivity index (χ1n) is 15.4. The molecule has 3 saturated carbocycles. The van der Waals surface area contributed by atoms with Crippen molar-refractivity contribution in [2.75, 3.05) is 14.2 Å². The van der Waals surface area contributed by atoms with E-state index in [0.717, 1.165) is 32.1 Å². The maximum absolute atomic E-state index is 11.8. The minimum atomic E-state index is -1.45. The van der Waals surface area contributed by atoms with Crippen molar-refractivity contribution in [1.29, 1.82) is 0 Å². The molecule has 4 fully saturated rings. The number of carboxylic acid groups (broad SMARTS) is 2. The van der Waals surface area contributed by atoms with Crippen LogP contribution in [-0.4, -0.2) is 71.8 Å². The Balaban J connectivity index is 0.000000620. The topological polar surface area (TPSA) is 197 Å². The largest absolute Gasteiger partial charge is 0.480 e. The van der Waals surface area contributed by atoms with Crippen LogP contribution in [0, 0.1) is 34.0 Å². The molecule has 4 rings (SSSR count). The molecule has 1 spiro atoms. The Kier molecular flexibility index (Phi) is 15.6. The lowest BCUT2D eigenvalue weighted by Crippen LogP contribution is -2.48. The number of methoxy groups -OCH3 is 2. The molecule has 0 aromatic rings. The molecular formula is C33H54O13. The lowest BCUT2D eigenvalue weighted by Gasteiger charge is -2.33. The number of rotatable bonds is 10. The van der Waals surface area contributed by atoms with E-state index in [1.54, 1.807) is 13.8 Å². The normalized spacial score (nSPS) is 24.1. The number of hydrogen-bond acceptors (Lipinski definition) is 11. The zero-order valence-corrected chi connectivity index (χ0v) is 28.0. The fourth-order valence-electron chi connectivity index (χ4n) is 5.88. The quantitative estimate of drug-likeness (QED) is 0.182. The van der Waals surface area contributed by atoms with Crippen molar-refractivity contribution in [1.82, 2.24) is 0 Å². The Morgan fingerprint density at radius 1 is 0.696 bits per heavy atom. The van der Waals surface area contributed by atoms with Gasteiger partial charge in [-0.2, -0.15) is 0 Å². The van der Waals surface area contributed by atoms with E-state index in [9.17, 15) is 33.6 Å². The van der Waals surface area contributed by atoms with E-state index in [1.807, 2.05) is 20.8 Å². The molecule has 1 heterocycles. The Morgan fingerprint density at radius 2 is 1.02 bits per heavy atom. The summed E-state index contributed by atoms with van der Waals surface area (Å²) in [5, 5.41) is 17.4. The van der Waals surface area contributed by atoms with E-state index in [2.05, 4.69) is 9.47 Å². The van der Waals surface area contributed by atoms with Crippen LogP contribution in [0.2, 0.25) is 0 Å². The van der Waals surface area contributed by atoms with Crippen LogP contribution in [-0.2, 0) is 52.5 Å². The summed E-state index contributed by atoms with van der Waals surface area (Å²) in [5.41, 5.74) is -3.39. The lowest BCUT2D eigenvalue weighted by molar-refractivity contribution is -0.243. The van der Waals surface area contributed by atoms with Crippen molar-refractivity contribution in [3.05, 3.63) is 0 Å². The maximum atomic E-state index is 11.8. The summed E-state index contributed by atoms with van der Waals surface area (Å²) in [5.74, 6) is -4.95. The first-order chi connectivity index (χ1) is 20.8. The van der Waals surface area contributed by atoms with Gasteiger partial charge in [-0.1, -0.05) is 47.5 Å². The van der Waals surface area contributed by atoms with Crippen molar-refractivity contribution >= 4 is 41.6 Å². The van der Waals surface area contributed by atoms with Crippen LogP contribution >= 0.6 is 0 Å². The van der Waals surface area contributed by atoms with Gasteiger partial charge in [-0.15, -0.1) is 0 Å². The molecule has 1 aliphatic heterocycles. The van der Waals surface area contributed by atoms with Gasteiger partial charge in [-0.05, 0) is 70.1 Å². The maximum Gasteiger partial charge on any atom is 0.327 e. The molecule has 0 unspecified atom stereocenters. The second kappa shape index (κ2) is 16.9. The number of carboxylic acids is 2. The highest BCUT2D eigenvalue weighted by Gasteiger charge is 2.71. The molecule has 13 nitrogen and oxygen atoms in total. The number of aliphatic carboxylic acids is 2. The Labute approximate surface area is 272 Å². The predicted octanol–water partition coefficient (Wildman–Crippen LogP) is 4.96. The summed E-state index contributed by atoms with van der Waals surface area (Å²) in [6, 6.07) is 0. The molecule has 0 aromatic carbocycles. The van der Waals surface area contributed by atoms with Crippen LogP contribution in [0.25, 0.3) is 0 Å². The zero-order chi connectivity index (χ0) is 35.0. The molecule has 3 atom stereocenters. The summed E-state index contributed by atoms with van der Waals surface area (Å²) < 4.78 is 19.5. The third-order valence-corrected chi connectivity index (χ3v) is 8.49. The number of Topliss-reactive ketones (excluding diaryl/α,β-unsaturated/α-hetero) is 1. The fourth-order valence-corrected chi connectivity index (χ4v) is 5.88. The van der Waals surface area contributed by atoms with Gasteiger partial charge in [0.25, 0.3) is 5.79 Å². The first kappa shape index (κ1) is 42.5. The molecule has 264 valence electrons. The molecule has 0 amide bonds. The number of ether oxygens (including phenoxy) is 4. The van der Waals surface area contributed by atoms with Crippen LogP contribution in [0.1, 0.15) is 114 Å². The van der Waals surface area contributed by atoms with E-state index in [0.29, 0.717) is 25.7 Å². The number of carbonyl (C=O) groups excluding carboxylic acids is 5. The smallest absolute Gasteiger partial charge is 0.327 e. The third kappa shape index (κ3) is 9.28. The minimum Gasteiger partial charge on any atom is -0.480 e. The van der Waals surface area contributed by atoms with Crippen LogP contribution in [0.3, 0.4) is 0 Å². The monoisotopic (exact) mass is 658 g/mol. The summed E-state index contributed by atoms with van der Waals surface area (Å²) in [4.78, 5) is 77.2. The Morgan fingerprint density at radius 3 is 1.33 bits per heavy atom. The number of esters is 4. The van der Waals surface area contributed by atoms with Crippen LogP contribution in [0.5, 0.6) is 0 Å². The molecular weight excluding hydrogens is 604 g/mol. The lowest BCUT2D eigenvalue weighted by atomic mass is 10.00. The number of cyclic esters (lactones) is 2. The van der Waals surface area contributed by atoms with E-state index < -0.39 is 57.8 Å². The molecule has 4 aliphatic rings. The van der Waals surface area contributed by atoms with E-state index in [4.69, 9.17) is 19.7 Å². The van der Waals surface area contributed by atoms with E-state index >= 15 is 0 Å². The van der Waals surface area contributed by atoms with E-state index in [-0.39, 0.29) is 31.0 Å². The highest BCUT2D eigenvalue weighted by atomic mass is 16.7. The average molecular weight is 659 g/mol. The second-order valence-corrected chi connectivity index (χ2v) is 12.7. The van der Waals surface area contributed by atoms with Crippen molar-refractivity contribution in [2.24, 2.45) is 34.0 Å². The summed E-state index contributed by atoms with van der Waals surface area (Å²) >= 11 is 0. The van der Waals surface area contributed by atoms with Gasteiger partial charge in [0.1, 0.15) is 5.78 Å². The van der Waals surface area contributed by atoms with Crippen LogP contribution < -0.4 is 0 Å². The molecule has 1 saturated heterocycles. The number of carbonyl (C=O) groups is 7. The van der Waals surface area contributed by atoms with Gasteiger partial charge in [0.2, 0.25) is 0 Å². The van der Waals surface area contributed by atoms with Gasteiger partial charge in [0, 0.05) is 13.8 Å². The van der Waals surface area contributed by atoms with E-state index in [1.165, 1.54) is 28.1 Å². The van der Waals surface area contributed by atoms with Crippen LogP contribution in [0.4, 0.5) is 0 Å². The molecule has 0 bridgehead atoms. The van der Waals surface area contributed by atoms with Crippen molar-refractivity contribution in [2.45, 2.75) is 119 Å². The van der Waals surface area contributed by atoms with Crippen LogP contribution in [0.15, 0.2) is 0 Å². The SMILES string of the molecule is C.CC(C)=O.CCC[C@H]1CC1(C(=O)O)C(=O)O.CCC[C@H]1CC1(C(=O)OC)C(=O)OC.CCC[C@H]1CC12C(=O)OC(C)(C)OC2=O. The summed E-state index contributed by atoms with van der Waals surface area (Å²) in [7, 11) is 2.60. The number of ketones is 1. The highest BCUT2D eigenvalue weighted by Crippen LogP contribution is 2.59. The summed E-state index contributed by atoms with van der Waals surface area (Å²) in [6.45, 7) is 12.2. The second-order valence-electron chi connectivity index (χ2n) is 12.7. The Bertz CT molecular complexity index is 1080. The van der Waals surface area contributed by atoms with Gasteiger partial charge in [0.05, 0.1) is 14.2 Å². The fraction of sp³-hybridized carbons (Fsp3) is 0.788. The molecule has 3 aliphatic carbocycles. The predicted molar refractivity (Wildman–Crippen MR) is 165 cm³/mol. The van der Waals surface area contributed by atoms with Crippen molar-refractivity contribution < 1.29 is 62.7 Å². The van der Waals surface area contributed by atoms with Crippen molar-refractivity contribution in [3.63, 3.8) is 0 Å². The molecule has 0 radical (unpaired) electrons. The van der Waals surface area contributed by atoms with Gasteiger partial charge in [-0.3, -0.25) is 28.8 Å². The molecule has 2 N–H and O–H groups in total. The summed E-state index contributed by atoms with van der Waals surface area (Å²) in [6.07, 6.45) is 6.66. The highest BCUT2D eigenvalue weighted by molar-refractivity contribution is 6.05. The van der Waals surface area contributed by atoms with Crippen molar-refractivity contribution in [3.8, 4) is 0 Å². The average Bonchev–Trinajstić information content (AvgIpc) is 3.84. The van der Waals surface area contributed by atoms with Gasteiger partial charge in [-0.25, -0.2) is 0 Å². The minimum absolute atomic E-state index is 0. The van der Waals surface area contributed by atoms with Gasteiger partial charge >= 0.3 is 35.8 Å². The third-order valence-electron chi connectivity index (χ3n) is 8.49. The van der Waals surface area contributed by atoms with Gasteiger partial charge in [0.15, 0.2) is 16.2 Å². The standard InChI is InChI=1S/C11H16O4.C10H16O4.C8H12O4.C3H6O.CH4/c1-4-5-7-6-11(7)8(12)14-10(2,3)15-9(11)13;1-4-5-7-6-10(7,8(11)13-2)9(12)14-3;1-2-3-5-4-8(5,6(9)10)7(11)12;1-3(2)4;/h7H,4-6H2,1-3H3;7H,4-6H2,1-3H3;5H,2-4H2,1H3,(H,9,10)(H,11,12);1-2H3;1H4/t2*7-;5-;;/m000../s1. The first-order valence-corrected chi connectivity index (χ1v) is 15.4. The molecule has 46 heavy (non-hydrogen) atoms.